The Labute approximate surface area is 99.7 Å². The van der Waals surface area contributed by atoms with Crippen LogP contribution < -0.4 is 4.90 Å². The lowest BCUT2D eigenvalue weighted by molar-refractivity contribution is 0.0963. The molecule has 4 nitrogen and oxygen atoms in total. The van der Waals surface area contributed by atoms with Crippen molar-refractivity contribution in [3.05, 3.63) is 28.5 Å². The molecule has 1 aliphatic rings. The molecule has 16 heavy (non-hydrogen) atoms. The van der Waals surface area contributed by atoms with E-state index in [-0.39, 0.29) is 18.8 Å². The van der Waals surface area contributed by atoms with Gasteiger partial charge in [0, 0.05) is 4.47 Å². The monoisotopic (exact) mass is 289 g/mol. The molecule has 1 aliphatic heterocycles. The number of aliphatic hydroxyl groups excluding tert-OH is 1. The molecule has 1 saturated heterocycles. The molecule has 1 aromatic rings. The summed E-state index contributed by atoms with van der Waals surface area (Å²) in [7, 11) is 0. The average Bonchev–Trinajstić information content (AvgIpc) is 2.60. The van der Waals surface area contributed by atoms with Gasteiger partial charge in [0.2, 0.25) is 0 Å². The van der Waals surface area contributed by atoms with Gasteiger partial charge in [-0.25, -0.2) is 9.18 Å². The molecule has 0 radical (unpaired) electrons. The fourth-order valence-corrected chi connectivity index (χ4v) is 1.85. The molecule has 1 unspecified atom stereocenters. The maximum atomic E-state index is 13.6. The molecule has 2 rings (SSSR count). The van der Waals surface area contributed by atoms with E-state index in [1.54, 1.807) is 6.07 Å². The number of hydrogen-bond acceptors (Lipinski definition) is 3. The van der Waals surface area contributed by atoms with E-state index in [0.29, 0.717) is 4.47 Å². The lowest BCUT2D eigenvalue weighted by Crippen LogP contribution is -2.26. The molecular formula is C10H9BrFNO3. The van der Waals surface area contributed by atoms with Crippen LogP contribution in [0, 0.1) is 5.82 Å². The number of rotatable bonds is 2. The van der Waals surface area contributed by atoms with E-state index < -0.39 is 18.0 Å². The second kappa shape index (κ2) is 4.39. The van der Waals surface area contributed by atoms with Gasteiger partial charge in [-0.2, -0.15) is 0 Å². The smallest absolute Gasteiger partial charge is 0.414 e. The number of nitrogens with zero attached hydrogens (tertiary/aromatic N) is 1. The van der Waals surface area contributed by atoms with Crippen LogP contribution in [0.5, 0.6) is 0 Å². The average molecular weight is 290 g/mol. The van der Waals surface area contributed by atoms with E-state index >= 15 is 0 Å². The van der Waals surface area contributed by atoms with E-state index in [1.807, 2.05) is 0 Å². The van der Waals surface area contributed by atoms with E-state index in [4.69, 9.17) is 9.84 Å². The zero-order valence-electron chi connectivity index (χ0n) is 8.19. The van der Waals surface area contributed by atoms with Gasteiger partial charge in [-0.05, 0) is 18.2 Å². The highest BCUT2D eigenvalue weighted by molar-refractivity contribution is 9.10. The second-order valence-corrected chi connectivity index (χ2v) is 4.31. The minimum atomic E-state index is -0.639. The summed E-state index contributed by atoms with van der Waals surface area (Å²) in [5.41, 5.74) is 0.157. The second-order valence-electron chi connectivity index (χ2n) is 3.39. The Balaban J connectivity index is 2.28. The summed E-state index contributed by atoms with van der Waals surface area (Å²) in [5, 5.41) is 8.86. The number of benzene rings is 1. The first-order valence-corrected chi connectivity index (χ1v) is 5.45. The van der Waals surface area contributed by atoms with Gasteiger partial charge in [-0.3, -0.25) is 4.90 Å². The SMILES string of the molecule is O=C1OC(CO)CN1c1ccc(Br)cc1F. The molecule has 1 heterocycles. The topological polar surface area (TPSA) is 49.8 Å². The van der Waals surface area contributed by atoms with Crippen molar-refractivity contribution in [2.75, 3.05) is 18.1 Å². The first-order chi connectivity index (χ1) is 7.61. The summed E-state index contributed by atoms with van der Waals surface area (Å²) >= 11 is 3.13. The first-order valence-electron chi connectivity index (χ1n) is 4.66. The highest BCUT2D eigenvalue weighted by Crippen LogP contribution is 2.26. The van der Waals surface area contributed by atoms with Crippen LogP contribution in [0.2, 0.25) is 0 Å². The number of carbonyl (C=O) groups is 1. The van der Waals surface area contributed by atoms with Gasteiger partial charge in [0.1, 0.15) is 11.9 Å². The van der Waals surface area contributed by atoms with Crippen LogP contribution in [0.25, 0.3) is 0 Å². The Morgan fingerprint density at radius 2 is 2.38 bits per heavy atom. The van der Waals surface area contributed by atoms with Crippen molar-refractivity contribution >= 4 is 27.7 Å². The molecule has 6 heteroatoms. The van der Waals surface area contributed by atoms with E-state index in [9.17, 15) is 9.18 Å². The summed E-state index contributed by atoms with van der Waals surface area (Å²) in [6.07, 6.45) is -1.23. The third-order valence-corrected chi connectivity index (χ3v) is 2.77. The fraction of sp³-hybridized carbons (Fsp3) is 0.300. The molecule has 0 saturated carbocycles. The van der Waals surface area contributed by atoms with Gasteiger partial charge in [0.05, 0.1) is 18.8 Å². The molecule has 1 fully saturated rings. The lowest BCUT2D eigenvalue weighted by atomic mass is 10.2. The van der Waals surface area contributed by atoms with Gasteiger partial charge in [-0.15, -0.1) is 0 Å². The number of carbonyl (C=O) groups excluding carboxylic acids is 1. The van der Waals surface area contributed by atoms with Crippen LogP contribution >= 0.6 is 15.9 Å². The highest BCUT2D eigenvalue weighted by Gasteiger charge is 2.33. The van der Waals surface area contributed by atoms with Crippen LogP contribution in [0.3, 0.4) is 0 Å². The fourth-order valence-electron chi connectivity index (χ4n) is 1.51. The molecule has 0 aromatic heterocycles. The Kier molecular flexibility index (Phi) is 3.11. The van der Waals surface area contributed by atoms with Gasteiger partial charge in [0.15, 0.2) is 0 Å². The Bertz CT molecular complexity index is 427. The third kappa shape index (κ3) is 2.03. The maximum Gasteiger partial charge on any atom is 0.414 e. The standard InChI is InChI=1S/C10H9BrFNO3/c11-6-1-2-9(8(12)3-6)13-4-7(5-14)16-10(13)15/h1-3,7,14H,4-5H2. The van der Waals surface area contributed by atoms with Crippen LogP contribution in [0.1, 0.15) is 0 Å². The minimum absolute atomic E-state index is 0.157. The van der Waals surface area contributed by atoms with Crippen molar-refractivity contribution in [1.29, 1.82) is 0 Å². The summed E-state index contributed by atoms with van der Waals surface area (Å²) < 4.78 is 19.0. The molecule has 86 valence electrons. The number of halogens is 2. The Morgan fingerprint density at radius 1 is 1.62 bits per heavy atom. The molecule has 0 spiro atoms. The van der Waals surface area contributed by atoms with Gasteiger partial charge >= 0.3 is 6.09 Å². The van der Waals surface area contributed by atoms with Crippen LogP contribution in [-0.4, -0.2) is 30.5 Å². The summed E-state index contributed by atoms with van der Waals surface area (Å²) in [5.74, 6) is -0.509. The van der Waals surface area contributed by atoms with Crippen molar-refractivity contribution in [3.8, 4) is 0 Å². The molecule has 0 bridgehead atoms. The van der Waals surface area contributed by atoms with Gasteiger partial charge in [-0.1, -0.05) is 15.9 Å². The maximum absolute atomic E-state index is 13.6. The number of hydrogen-bond donors (Lipinski definition) is 1. The van der Waals surface area contributed by atoms with E-state index in [1.165, 1.54) is 17.0 Å². The third-order valence-electron chi connectivity index (χ3n) is 2.28. The molecule has 1 aromatic carbocycles. The lowest BCUT2D eigenvalue weighted by Gasteiger charge is -2.13. The van der Waals surface area contributed by atoms with Crippen molar-refractivity contribution in [3.63, 3.8) is 0 Å². The zero-order valence-corrected chi connectivity index (χ0v) is 9.78. The molecule has 0 aliphatic carbocycles. The van der Waals surface area contributed by atoms with Crippen LogP contribution in [0.4, 0.5) is 14.9 Å². The molecular weight excluding hydrogens is 281 g/mol. The number of ether oxygens (including phenoxy) is 1. The van der Waals surface area contributed by atoms with Crippen molar-refractivity contribution in [2.45, 2.75) is 6.10 Å². The van der Waals surface area contributed by atoms with Crippen molar-refractivity contribution < 1.29 is 19.0 Å². The van der Waals surface area contributed by atoms with E-state index in [2.05, 4.69) is 15.9 Å². The predicted octanol–water partition coefficient (Wildman–Crippen LogP) is 1.91. The summed E-state index contributed by atoms with van der Waals surface area (Å²) in [4.78, 5) is 12.6. The van der Waals surface area contributed by atoms with Crippen LogP contribution in [0.15, 0.2) is 22.7 Å². The quantitative estimate of drug-likeness (QED) is 0.905. The zero-order chi connectivity index (χ0) is 11.7. The molecule has 1 N–H and O–H groups in total. The van der Waals surface area contributed by atoms with Gasteiger partial charge < -0.3 is 9.84 Å². The van der Waals surface area contributed by atoms with Crippen molar-refractivity contribution in [2.24, 2.45) is 0 Å². The first kappa shape index (κ1) is 11.3. The Morgan fingerprint density at radius 3 is 2.94 bits per heavy atom. The number of amides is 1. The number of anilines is 1. The van der Waals surface area contributed by atoms with Gasteiger partial charge in [0.25, 0.3) is 0 Å². The largest absolute Gasteiger partial charge is 0.441 e. The number of aliphatic hydroxyl groups is 1. The normalized spacial score (nSPS) is 20.1. The van der Waals surface area contributed by atoms with E-state index in [0.717, 1.165) is 0 Å². The number of cyclic esters (lactones) is 1. The molecule has 1 atom stereocenters. The van der Waals surface area contributed by atoms with Crippen LogP contribution in [-0.2, 0) is 4.74 Å². The highest BCUT2D eigenvalue weighted by atomic mass is 79.9. The summed E-state index contributed by atoms with van der Waals surface area (Å²) in [6, 6.07) is 4.40. The summed E-state index contributed by atoms with van der Waals surface area (Å²) in [6.45, 7) is -0.103. The minimum Gasteiger partial charge on any atom is -0.441 e. The Hall–Kier alpha value is -1.14. The molecule has 1 amide bonds. The predicted molar refractivity (Wildman–Crippen MR) is 58.8 cm³/mol. The van der Waals surface area contributed by atoms with Crippen molar-refractivity contribution in [1.82, 2.24) is 0 Å².